The summed E-state index contributed by atoms with van der Waals surface area (Å²) in [6.07, 6.45) is 2.60. The Morgan fingerprint density at radius 1 is 1.29 bits per heavy atom. The zero-order valence-electron chi connectivity index (χ0n) is 12.5. The minimum Gasteiger partial charge on any atom is -0.325 e. The van der Waals surface area contributed by atoms with Gasteiger partial charge in [0.2, 0.25) is 5.91 Å². The quantitative estimate of drug-likeness (QED) is 0.679. The van der Waals surface area contributed by atoms with Crippen LogP contribution >= 0.6 is 11.8 Å². The first-order valence-electron chi connectivity index (χ1n) is 6.91. The van der Waals surface area contributed by atoms with Crippen LogP contribution in [0.25, 0.3) is 0 Å². The minimum atomic E-state index is -0.0332. The number of carbonyl (C=O) groups excluding carboxylic acids is 1. The second kappa shape index (κ2) is 7.22. The number of para-hydroxylation sites is 1. The molecule has 5 heteroatoms. The first-order chi connectivity index (χ1) is 10.1. The Kier molecular flexibility index (Phi) is 5.33. The maximum Gasteiger partial charge on any atom is 0.234 e. The van der Waals surface area contributed by atoms with Gasteiger partial charge in [0.1, 0.15) is 0 Å². The van der Waals surface area contributed by atoms with Gasteiger partial charge in [0, 0.05) is 17.6 Å². The summed E-state index contributed by atoms with van der Waals surface area (Å²) in [4.78, 5) is 20.5. The number of nitrogens with one attached hydrogen (secondary N) is 1. The molecule has 0 saturated carbocycles. The summed E-state index contributed by atoms with van der Waals surface area (Å²) in [6.45, 7) is 6.00. The Balaban J connectivity index is 1.99. The fourth-order valence-electron chi connectivity index (χ4n) is 2.00. The number of nitrogens with zero attached hydrogens (tertiary/aromatic N) is 2. The zero-order valence-corrected chi connectivity index (χ0v) is 13.3. The SMILES string of the molecule is CCc1cccc(C)c1NC(=O)CSc1nccc(C)n1. The van der Waals surface area contributed by atoms with Crippen molar-refractivity contribution >= 4 is 23.4 Å². The number of hydrogen-bond acceptors (Lipinski definition) is 4. The maximum absolute atomic E-state index is 12.1. The number of benzene rings is 1. The van der Waals surface area contributed by atoms with Crippen LogP contribution in [0.2, 0.25) is 0 Å². The van der Waals surface area contributed by atoms with E-state index < -0.39 is 0 Å². The molecule has 110 valence electrons. The summed E-state index contributed by atoms with van der Waals surface area (Å²) in [5.41, 5.74) is 4.07. The summed E-state index contributed by atoms with van der Waals surface area (Å²) in [7, 11) is 0. The van der Waals surface area contributed by atoms with Crippen LogP contribution < -0.4 is 5.32 Å². The molecule has 0 saturated heterocycles. The lowest BCUT2D eigenvalue weighted by Crippen LogP contribution is -2.16. The van der Waals surface area contributed by atoms with Crippen molar-refractivity contribution in [3.63, 3.8) is 0 Å². The molecule has 0 atom stereocenters. The predicted octanol–water partition coefficient (Wildman–Crippen LogP) is 3.39. The van der Waals surface area contributed by atoms with Crippen LogP contribution in [0, 0.1) is 13.8 Å². The topological polar surface area (TPSA) is 54.9 Å². The van der Waals surface area contributed by atoms with Gasteiger partial charge in [-0.15, -0.1) is 0 Å². The van der Waals surface area contributed by atoms with E-state index >= 15 is 0 Å². The summed E-state index contributed by atoms with van der Waals surface area (Å²) in [6, 6.07) is 7.90. The molecule has 2 rings (SSSR count). The van der Waals surface area contributed by atoms with Gasteiger partial charge in [0.15, 0.2) is 5.16 Å². The molecule has 0 fully saturated rings. The smallest absolute Gasteiger partial charge is 0.234 e. The Bertz CT molecular complexity index is 643. The van der Waals surface area contributed by atoms with Gasteiger partial charge >= 0.3 is 0 Å². The fourth-order valence-corrected chi connectivity index (χ4v) is 2.68. The van der Waals surface area contributed by atoms with Gasteiger partial charge in [-0.05, 0) is 37.5 Å². The summed E-state index contributed by atoms with van der Waals surface area (Å²) in [5, 5.41) is 3.63. The highest BCUT2D eigenvalue weighted by Crippen LogP contribution is 2.22. The molecule has 0 unspecified atom stereocenters. The standard InChI is InChI=1S/C16H19N3OS/c1-4-13-7-5-6-11(2)15(13)19-14(20)10-21-16-17-9-8-12(3)18-16/h5-9H,4,10H2,1-3H3,(H,19,20). The number of hydrogen-bond donors (Lipinski definition) is 1. The number of aromatic nitrogens is 2. The van der Waals surface area contributed by atoms with E-state index in [0.29, 0.717) is 10.9 Å². The molecule has 1 heterocycles. The Morgan fingerprint density at radius 2 is 2.10 bits per heavy atom. The van der Waals surface area contributed by atoms with Crippen molar-refractivity contribution in [1.82, 2.24) is 9.97 Å². The van der Waals surface area contributed by atoms with E-state index in [1.165, 1.54) is 11.8 Å². The van der Waals surface area contributed by atoms with Gasteiger partial charge in [-0.1, -0.05) is 36.9 Å². The number of thioether (sulfide) groups is 1. The highest BCUT2D eigenvalue weighted by Gasteiger charge is 2.10. The summed E-state index contributed by atoms with van der Waals surface area (Å²) >= 11 is 1.35. The van der Waals surface area contributed by atoms with Crippen LogP contribution in [-0.2, 0) is 11.2 Å². The van der Waals surface area contributed by atoms with Crippen molar-refractivity contribution in [1.29, 1.82) is 0 Å². The molecule has 21 heavy (non-hydrogen) atoms. The van der Waals surface area contributed by atoms with E-state index in [-0.39, 0.29) is 5.91 Å². The van der Waals surface area contributed by atoms with E-state index in [1.807, 2.05) is 38.1 Å². The average Bonchev–Trinajstić information content (AvgIpc) is 2.47. The monoisotopic (exact) mass is 301 g/mol. The van der Waals surface area contributed by atoms with E-state index in [4.69, 9.17) is 0 Å². The molecular weight excluding hydrogens is 282 g/mol. The van der Waals surface area contributed by atoms with Crippen molar-refractivity contribution < 1.29 is 4.79 Å². The van der Waals surface area contributed by atoms with E-state index in [1.54, 1.807) is 6.20 Å². The predicted molar refractivity (Wildman–Crippen MR) is 86.7 cm³/mol. The Morgan fingerprint density at radius 3 is 2.81 bits per heavy atom. The Hall–Kier alpha value is -1.88. The summed E-state index contributed by atoms with van der Waals surface area (Å²) in [5.74, 6) is 0.273. The van der Waals surface area contributed by atoms with E-state index in [0.717, 1.165) is 28.9 Å². The Labute approximate surface area is 129 Å². The second-order valence-electron chi connectivity index (χ2n) is 4.78. The molecule has 0 aliphatic carbocycles. The highest BCUT2D eigenvalue weighted by molar-refractivity contribution is 7.99. The third-order valence-electron chi connectivity index (χ3n) is 3.11. The number of carbonyl (C=O) groups is 1. The lowest BCUT2D eigenvalue weighted by Gasteiger charge is -2.12. The molecule has 1 N–H and O–H groups in total. The van der Waals surface area contributed by atoms with Crippen LogP contribution in [0.1, 0.15) is 23.7 Å². The molecule has 1 aromatic carbocycles. The number of anilines is 1. The second-order valence-corrected chi connectivity index (χ2v) is 5.72. The van der Waals surface area contributed by atoms with Crippen molar-refractivity contribution in [2.24, 2.45) is 0 Å². The molecule has 1 aromatic heterocycles. The van der Waals surface area contributed by atoms with Gasteiger partial charge in [-0.2, -0.15) is 0 Å². The first-order valence-corrected chi connectivity index (χ1v) is 7.89. The molecule has 1 amide bonds. The molecule has 0 spiro atoms. The lowest BCUT2D eigenvalue weighted by molar-refractivity contribution is -0.113. The van der Waals surface area contributed by atoms with Crippen LogP contribution in [0.5, 0.6) is 0 Å². The van der Waals surface area contributed by atoms with Crippen molar-refractivity contribution in [2.75, 3.05) is 11.1 Å². The molecule has 0 radical (unpaired) electrons. The third kappa shape index (κ3) is 4.29. The van der Waals surface area contributed by atoms with E-state index in [2.05, 4.69) is 22.2 Å². The molecular formula is C16H19N3OS. The van der Waals surface area contributed by atoms with Crippen LogP contribution in [0.4, 0.5) is 5.69 Å². The van der Waals surface area contributed by atoms with Crippen LogP contribution in [0.15, 0.2) is 35.6 Å². The van der Waals surface area contributed by atoms with Crippen LogP contribution in [-0.4, -0.2) is 21.6 Å². The van der Waals surface area contributed by atoms with Crippen molar-refractivity contribution in [2.45, 2.75) is 32.3 Å². The van der Waals surface area contributed by atoms with E-state index in [9.17, 15) is 4.79 Å². The van der Waals surface area contributed by atoms with Crippen LogP contribution in [0.3, 0.4) is 0 Å². The van der Waals surface area contributed by atoms with Crippen molar-refractivity contribution in [3.05, 3.63) is 47.3 Å². The molecule has 2 aromatic rings. The number of amides is 1. The minimum absolute atomic E-state index is 0.0332. The van der Waals surface area contributed by atoms with Crippen molar-refractivity contribution in [3.8, 4) is 0 Å². The highest BCUT2D eigenvalue weighted by atomic mass is 32.2. The maximum atomic E-state index is 12.1. The van der Waals surface area contributed by atoms with Gasteiger partial charge in [-0.25, -0.2) is 9.97 Å². The average molecular weight is 301 g/mol. The van der Waals surface area contributed by atoms with Gasteiger partial charge < -0.3 is 5.32 Å². The fraction of sp³-hybridized carbons (Fsp3) is 0.312. The van der Waals surface area contributed by atoms with Gasteiger partial charge in [-0.3, -0.25) is 4.79 Å². The van der Waals surface area contributed by atoms with Gasteiger partial charge in [0.25, 0.3) is 0 Å². The molecule has 0 aliphatic rings. The normalized spacial score (nSPS) is 10.4. The molecule has 4 nitrogen and oxygen atoms in total. The molecule has 0 aliphatic heterocycles. The number of rotatable bonds is 5. The third-order valence-corrected chi connectivity index (χ3v) is 3.97. The number of aryl methyl sites for hydroxylation is 3. The largest absolute Gasteiger partial charge is 0.325 e. The lowest BCUT2D eigenvalue weighted by atomic mass is 10.1. The zero-order chi connectivity index (χ0) is 15.2. The first kappa shape index (κ1) is 15.5. The summed E-state index contributed by atoms with van der Waals surface area (Å²) < 4.78 is 0. The van der Waals surface area contributed by atoms with Gasteiger partial charge in [0.05, 0.1) is 5.75 Å². The molecule has 0 bridgehead atoms.